The van der Waals surface area contributed by atoms with Crippen molar-refractivity contribution in [1.29, 1.82) is 0 Å². The fourth-order valence-electron chi connectivity index (χ4n) is 2.66. The lowest BCUT2D eigenvalue weighted by Gasteiger charge is -2.24. The molecule has 0 aromatic heterocycles. The SMILES string of the molecule is CC[C@H](C)[C@H](NC(=O)c1ccc(Cl)cc1)C(=O)NC[C@@H]1CCCO1. The average molecular weight is 353 g/mol. The largest absolute Gasteiger partial charge is 0.376 e. The summed E-state index contributed by atoms with van der Waals surface area (Å²) in [4.78, 5) is 24.9. The van der Waals surface area contributed by atoms with E-state index in [2.05, 4.69) is 10.6 Å². The molecule has 2 amide bonds. The molecule has 1 saturated heterocycles. The molecule has 1 aliphatic heterocycles. The Kier molecular flexibility index (Phi) is 7.06. The predicted octanol–water partition coefficient (Wildman–Crippen LogP) is 2.78. The Bertz CT molecular complexity index is 556. The average Bonchev–Trinajstić information content (AvgIpc) is 3.10. The normalized spacial score (nSPS) is 19.5. The molecular formula is C18H25ClN2O3. The first-order valence-electron chi connectivity index (χ1n) is 8.47. The van der Waals surface area contributed by atoms with Crippen LogP contribution in [0, 0.1) is 5.92 Å². The smallest absolute Gasteiger partial charge is 0.251 e. The summed E-state index contributed by atoms with van der Waals surface area (Å²) in [7, 11) is 0. The summed E-state index contributed by atoms with van der Waals surface area (Å²) in [6.45, 7) is 5.20. The molecule has 0 saturated carbocycles. The van der Waals surface area contributed by atoms with Crippen LogP contribution in [-0.4, -0.2) is 37.1 Å². The summed E-state index contributed by atoms with van der Waals surface area (Å²) in [5.74, 6) is -0.405. The zero-order chi connectivity index (χ0) is 17.5. The minimum atomic E-state index is -0.570. The Morgan fingerprint density at radius 3 is 2.62 bits per heavy atom. The van der Waals surface area contributed by atoms with Crippen molar-refractivity contribution >= 4 is 23.4 Å². The second kappa shape index (κ2) is 9.04. The maximum Gasteiger partial charge on any atom is 0.251 e. The number of carbonyl (C=O) groups is 2. The van der Waals surface area contributed by atoms with E-state index in [9.17, 15) is 9.59 Å². The third kappa shape index (κ3) is 5.21. The van der Waals surface area contributed by atoms with E-state index < -0.39 is 6.04 Å². The number of hydrogen-bond donors (Lipinski definition) is 2. The lowest BCUT2D eigenvalue weighted by atomic mass is 9.97. The zero-order valence-electron chi connectivity index (χ0n) is 14.2. The van der Waals surface area contributed by atoms with Crippen LogP contribution in [0.5, 0.6) is 0 Å². The quantitative estimate of drug-likeness (QED) is 0.793. The maximum atomic E-state index is 12.5. The van der Waals surface area contributed by atoms with Gasteiger partial charge in [-0.2, -0.15) is 0 Å². The summed E-state index contributed by atoms with van der Waals surface area (Å²) in [5.41, 5.74) is 0.486. The molecule has 24 heavy (non-hydrogen) atoms. The van der Waals surface area contributed by atoms with Gasteiger partial charge in [0.1, 0.15) is 6.04 Å². The monoisotopic (exact) mass is 352 g/mol. The molecule has 0 radical (unpaired) electrons. The molecule has 132 valence electrons. The van der Waals surface area contributed by atoms with Crippen LogP contribution in [0.15, 0.2) is 24.3 Å². The van der Waals surface area contributed by atoms with Crippen molar-refractivity contribution < 1.29 is 14.3 Å². The van der Waals surface area contributed by atoms with Crippen molar-refractivity contribution in [1.82, 2.24) is 10.6 Å². The molecule has 6 heteroatoms. The molecule has 5 nitrogen and oxygen atoms in total. The number of halogens is 1. The van der Waals surface area contributed by atoms with Gasteiger partial charge < -0.3 is 15.4 Å². The van der Waals surface area contributed by atoms with Gasteiger partial charge in [0, 0.05) is 23.7 Å². The van der Waals surface area contributed by atoms with Gasteiger partial charge in [-0.15, -0.1) is 0 Å². The van der Waals surface area contributed by atoms with Gasteiger partial charge in [0.25, 0.3) is 5.91 Å². The Labute approximate surface area is 148 Å². The Morgan fingerprint density at radius 2 is 2.04 bits per heavy atom. The highest BCUT2D eigenvalue weighted by Crippen LogP contribution is 2.13. The van der Waals surface area contributed by atoms with Crippen molar-refractivity contribution in [2.45, 2.75) is 45.3 Å². The van der Waals surface area contributed by atoms with Crippen LogP contribution in [0.3, 0.4) is 0 Å². The second-order valence-corrected chi connectivity index (χ2v) is 6.66. The number of rotatable bonds is 7. The topological polar surface area (TPSA) is 67.4 Å². The van der Waals surface area contributed by atoms with E-state index in [1.54, 1.807) is 24.3 Å². The van der Waals surface area contributed by atoms with Crippen LogP contribution >= 0.6 is 11.6 Å². The highest BCUT2D eigenvalue weighted by Gasteiger charge is 2.27. The second-order valence-electron chi connectivity index (χ2n) is 6.22. The van der Waals surface area contributed by atoms with Crippen LogP contribution in [0.25, 0.3) is 0 Å². The van der Waals surface area contributed by atoms with Gasteiger partial charge in [-0.25, -0.2) is 0 Å². The molecule has 1 aromatic carbocycles. The summed E-state index contributed by atoms with van der Waals surface area (Å²) in [6.07, 6.45) is 2.87. The van der Waals surface area contributed by atoms with Gasteiger partial charge in [0.05, 0.1) is 6.10 Å². The molecule has 0 unspecified atom stereocenters. The van der Waals surface area contributed by atoms with E-state index in [0.717, 1.165) is 25.9 Å². The number of ether oxygens (including phenoxy) is 1. The number of benzene rings is 1. The first-order chi connectivity index (χ1) is 11.5. The molecule has 1 aromatic rings. The first-order valence-corrected chi connectivity index (χ1v) is 8.84. The van der Waals surface area contributed by atoms with Crippen molar-refractivity contribution in [2.75, 3.05) is 13.2 Å². The molecule has 0 spiro atoms. The molecule has 2 N–H and O–H groups in total. The molecule has 1 heterocycles. The minimum absolute atomic E-state index is 0.0331. The molecule has 1 aliphatic rings. The Morgan fingerprint density at radius 1 is 1.33 bits per heavy atom. The summed E-state index contributed by atoms with van der Waals surface area (Å²) >= 11 is 5.84. The number of nitrogens with one attached hydrogen (secondary N) is 2. The van der Waals surface area contributed by atoms with Crippen molar-refractivity contribution in [3.8, 4) is 0 Å². The molecular weight excluding hydrogens is 328 g/mol. The lowest BCUT2D eigenvalue weighted by molar-refractivity contribution is -0.124. The van der Waals surface area contributed by atoms with Gasteiger partial charge in [0.2, 0.25) is 5.91 Å². The minimum Gasteiger partial charge on any atom is -0.376 e. The fourth-order valence-corrected chi connectivity index (χ4v) is 2.78. The van der Waals surface area contributed by atoms with Gasteiger partial charge >= 0.3 is 0 Å². The van der Waals surface area contributed by atoms with E-state index in [1.165, 1.54) is 0 Å². The van der Waals surface area contributed by atoms with Crippen LogP contribution in [-0.2, 0) is 9.53 Å². The third-order valence-corrected chi connectivity index (χ3v) is 4.67. The van der Waals surface area contributed by atoms with Crippen molar-refractivity contribution in [2.24, 2.45) is 5.92 Å². The Balaban J connectivity index is 1.97. The van der Waals surface area contributed by atoms with Gasteiger partial charge in [-0.3, -0.25) is 9.59 Å². The van der Waals surface area contributed by atoms with Crippen LogP contribution in [0.2, 0.25) is 5.02 Å². The van der Waals surface area contributed by atoms with E-state index >= 15 is 0 Å². The standard InChI is InChI=1S/C18H25ClN2O3/c1-3-12(2)16(18(23)20-11-15-5-4-10-24-15)21-17(22)13-6-8-14(19)9-7-13/h6-9,12,15-16H,3-5,10-11H2,1-2H3,(H,20,23)(H,21,22)/t12-,15-,16-/m0/s1. The third-order valence-electron chi connectivity index (χ3n) is 4.42. The maximum absolute atomic E-state index is 12.5. The molecule has 2 rings (SSSR count). The van der Waals surface area contributed by atoms with E-state index in [4.69, 9.17) is 16.3 Å². The highest BCUT2D eigenvalue weighted by atomic mass is 35.5. The zero-order valence-corrected chi connectivity index (χ0v) is 14.9. The van der Waals surface area contributed by atoms with Gasteiger partial charge in [-0.05, 0) is 43.0 Å². The number of carbonyl (C=O) groups excluding carboxylic acids is 2. The summed E-state index contributed by atoms with van der Waals surface area (Å²) in [5, 5.41) is 6.32. The Hall–Kier alpha value is -1.59. The predicted molar refractivity (Wildman–Crippen MR) is 94.1 cm³/mol. The first kappa shape index (κ1) is 18.7. The summed E-state index contributed by atoms with van der Waals surface area (Å²) < 4.78 is 5.52. The molecule has 3 atom stereocenters. The van der Waals surface area contributed by atoms with E-state index in [-0.39, 0.29) is 23.8 Å². The molecule has 0 aliphatic carbocycles. The lowest BCUT2D eigenvalue weighted by Crippen LogP contribution is -2.51. The highest BCUT2D eigenvalue weighted by molar-refractivity contribution is 6.30. The fraction of sp³-hybridized carbons (Fsp3) is 0.556. The van der Waals surface area contributed by atoms with Gasteiger partial charge in [-0.1, -0.05) is 31.9 Å². The number of hydrogen-bond acceptors (Lipinski definition) is 3. The van der Waals surface area contributed by atoms with Crippen molar-refractivity contribution in [3.05, 3.63) is 34.9 Å². The molecule has 0 bridgehead atoms. The molecule has 1 fully saturated rings. The van der Waals surface area contributed by atoms with E-state index in [0.29, 0.717) is 17.1 Å². The van der Waals surface area contributed by atoms with E-state index in [1.807, 2.05) is 13.8 Å². The van der Waals surface area contributed by atoms with Crippen LogP contribution in [0.4, 0.5) is 0 Å². The summed E-state index contributed by atoms with van der Waals surface area (Å²) in [6, 6.07) is 6.04. The van der Waals surface area contributed by atoms with Crippen LogP contribution < -0.4 is 10.6 Å². The van der Waals surface area contributed by atoms with Crippen LogP contribution in [0.1, 0.15) is 43.5 Å². The van der Waals surface area contributed by atoms with Gasteiger partial charge in [0.15, 0.2) is 0 Å². The van der Waals surface area contributed by atoms with Crippen molar-refractivity contribution in [3.63, 3.8) is 0 Å². The number of amides is 2.